The third-order valence-corrected chi connectivity index (χ3v) is 10.4. The number of unbranched alkanes of at least 4 members (excludes halogenated alkanes) is 8. The van der Waals surface area contributed by atoms with Gasteiger partial charge in [0.2, 0.25) is 0 Å². The molecule has 0 saturated carbocycles. The van der Waals surface area contributed by atoms with E-state index in [1.807, 2.05) is 0 Å². The van der Waals surface area contributed by atoms with Gasteiger partial charge >= 0.3 is 23.2 Å². The highest BCUT2D eigenvalue weighted by atomic mass is 31.2. The van der Waals surface area contributed by atoms with Crippen LogP contribution in [0.1, 0.15) is 131 Å². The third-order valence-electron chi connectivity index (χ3n) is 7.53. The largest absolute Gasteiger partial charge is 0.349 e. The van der Waals surface area contributed by atoms with Crippen LogP contribution in [0, 0.1) is 17.3 Å². The lowest BCUT2D eigenvalue weighted by atomic mass is 9.65. The standard InChI is InChI=1S/C25H48O5P2/c1-21(2)17-13-9-7-11-15-19-24(20-16-12-8-10-14-18-22(3)4)23(5,6)26-31-27-25(24)28-32(29-25)30-31/h21-22H,7-20H2,1-6H3. The lowest BCUT2D eigenvalue weighted by molar-refractivity contribution is -0.434. The molecule has 32 heavy (non-hydrogen) atoms. The summed E-state index contributed by atoms with van der Waals surface area (Å²) >= 11 is 0. The minimum absolute atomic E-state index is 0.280. The second-order valence-electron chi connectivity index (χ2n) is 11.4. The summed E-state index contributed by atoms with van der Waals surface area (Å²) in [6.45, 7) is 13.6. The summed E-state index contributed by atoms with van der Waals surface area (Å²) in [5.41, 5.74) is -0.675. The Bertz CT molecular complexity index is 539. The monoisotopic (exact) mass is 490 g/mol. The van der Waals surface area contributed by atoms with Gasteiger partial charge in [0.15, 0.2) is 0 Å². The van der Waals surface area contributed by atoms with Gasteiger partial charge in [0.25, 0.3) is 0 Å². The van der Waals surface area contributed by atoms with Crippen LogP contribution < -0.4 is 0 Å². The number of hydrogen-bond donors (Lipinski definition) is 0. The molecule has 0 aromatic rings. The van der Waals surface area contributed by atoms with Gasteiger partial charge in [-0.05, 0) is 38.5 Å². The van der Waals surface area contributed by atoms with E-state index in [-0.39, 0.29) is 5.41 Å². The van der Waals surface area contributed by atoms with E-state index in [0.29, 0.717) is 0 Å². The molecule has 7 heteroatoms. The summed E-state index contributed by atoms with van der Waals surface area (Å²) in [5, 5.41) is 0. The van der Waals surface area contributed by atoms with Crippen molar-refractivity contribution in [2.45, 2.75) is 143 Å². The topological polar surface area (TPSA) is 46.2 Å². The van der Waals surface area contributed by atoms with Gasteiger partial charge in [-0.1, -0.05) is 105 Å². The maximum Gasteiger partial charge on any atom is 0.349 e. The molecule has 4 rings (SSSR count). The van der Waals surface area contributed by atoms with Gasteiger partial charge in [0.1, 0.15) is 0 Å². The van der Waals surface area contributed by atoms with E-state index in [4.69, 9.17) is 22.4 Å². The maximum atomic E-state index is 6.38. The van der Waals surface area contributed by atoms with E-state index in [2.05, 4.69) is 41.5 Å². The second-order valence-corrected chi connectivity index (χ2v) is 13.7. The van der Waals surface area contributed by atoms with Gasteiger partial charge in [-0.25, -0.2) is 4.31 Å². The van der Waals surface area contributed by atoms with E-state index in [1.165, 1.54) is 64.2 Å². The first-order chi connectivity index (χ1) is 15.2. The predicted molar refractivity (Wildman–Crippen MR) is 133 cm³/mol. The van der Waals surface area contributed by atoms with Crippen molar-refractivity contribution in [3.05, 3.63) is 0 Å². The molecule has 188 valence electrons. The average molecular weight is 491 g/mol. The van der Waals surface area contributed by atoms with Gasteiger partial charge in [-0.15, -0.1) is 0 Å². The smallest absolute Gasteiger partial charge is 0.305 e. The Labute approximate surface area is 200 Å². The molecule has 4 fully saturated rings. The van der Waals surface area contributed by atoms with Gasteiger partial charge in [0, 0.05) is 0 Å². The summed E-state index contributed by atoms with van der Waals surface area (Å²) in [6, 6.07) is 0. The van der Waals surface area contributed by atoms with Crippen LogP contribution >= 0.6 is 17.2 Å². The minimum atomic E-state index is -1.35. The van der Waals surface area contributed by atoms with E-state index in [9.17, 15) is 0 Å². The van der Waals surface area contributed by atoms with Crippen molar-refractivity contribution >= 4 is 17.2 Å². The maximum absolute atomic E-state index is 6.38. The molecule has 0 aromatic heterocycles. The zero-order valence-electron chi connectivity index (χ0n) is 21.5. The minimum Gasteiger partial charge on any atom is -0.305 e. The number of hydrogen-bond acceptors (Lipinski definition) is 5. The normalized spacial score (nSPS) is 30.0. The highest BCUT2D eigenvalue weighted by Gasteiger charge is 2.77. The third kappa shape index (κ3) is 6.45. The molecule has 4 aliphatic rings. The highest BCUT2D eigenvalue weighted by molar-refractivity contribution is 7.57. The quantitative estimate of drug-likeness (QED) is 0.159. The lowest BCUT2D eigenvalue weighted by Gasteiger charge is -2.66. The lowest BCUT2D eigenvalue weighted by Crippen LogP contribution is -2.69. The fraction of sp³-hybridized carbons (Fsp3) is 1.00. The summed E-state index contributed by atoms with van der Waals surface area (Å²) in [5.74, 6) is 0.678. The van der Waals surface area contributed by atoms with Crippen LogP contribution in [0.5, 0.6) is 0 Å². The SMILES string of the molecule is CC(C)CCCCCCCC1(CCCCCCCC(C)C)C(C)(C)OP2OP3OC1(O2)O3. The fourth-order valence-corrected chi connectivity index (χ4v) is 8.38. The summed E-state index contributed by atoms with van der Waals surface area (Å²) in [4.78, 5) is 0. The molecule has 0 radical (unpaired) electrons. The van der Waals surface area contributed by atoms with Crippen LogP contribution in [0.3, 0.4) is 0 Å². The van der Waals surface area contributed by atoms with Crippen molar-refractivity contribution < 1.29 is 22.4 Å². The average Bonchev–Trinajstić information content (AvgIpc) is 2.68. The molecule has 0 N–H and O–H groups in total. The Balaban J connectivity index is 1.54. The van der Waals surface area contributed by atoms with Gasteiger partial charge in [-0.2, -0.15) is 0 Å². The first-order valence-corrected chi connectivity index (χ1v) is 15.4. The van der Waals surface area contributed by atoms with E-state index >= 15 is 0 Å². The molecule has 5 nitrogen and oxygen atoms in total. The fourth-order valence-electron chi connectivity index (χ4n) is 5.43. The Morgan fingerprint density at radius 3 is 1.44 bits per heavy atom. The Kier molecular flexibility index (Phi) is 10.3. The molecule has 4 heterocycles. The van der Waals surface area contributed by atoms with Gasteiger partial charge in [-0.3, -0.25) is 13.6 Å². The zero-order chi connectivity index (χ0) is 23.2. The Morgan fingerprint density at radius 1 is 0.562 bits per heavy atom. The van der Waals surface area contributed by atoms with Crippen molar-refractivity contribution in [2.24, 2.45) is 17.3 Å². The van der Waals surface area contributed by atoms with Crippen molar-refractivity contribution in [1.29, 1.82) is 0 Å². The first kappa shape index (κ1) is 27.3. The molecular formula is C25H48O5P2. The van der Waals surface area contributed by atoms with Crippen molar-refractivity contribution in [2.75, 3.05) is 0 Å². The Hall–Kier alpha value is 0.660. The van der Waals surface area contributed by atoms with Gasteiger partial charge < -0.3 is 4.52 Å². The summed E-state index contributed by atoms with van der Waals surface area (Å²) < 4.78 is 30.5. The molecule has 0 aliphatic carbocycles. The molecule has 1 atom stereocenters. The van der Waals surface area contributed by atoms with Crippen molar-refractivity contribution in [3.63, 3.8) is 0 Å². The molecular weight excluding hydrogens is 442 g/mol. The van der Waals surface area contributed by atoms with Crippen molar-refractivity contribution in [3.8, 4) is 0 Å². The zero-order valence-corrected chi connectivity index (χ0v) is 23.3. The molecule has 3 bridgehead atoms. The van der Waals surface area contributed by atoms with Crippen molar-refractivity contribution in [1.82, 2.24) is 0 Å². The van der Waals surface area contributed by atoms with Crippen LogP contribution in [0.4, 0.5) is 0 Å². The molecule has 0 amide bonds. The molecule has 0 aromatic carbocycles. The molecule has 4 aliphatic heterocycles. The highest BCUT2D eigenvalue weighted by Crippen LogP contribution is 2.83. The van der Waals surface area contributed by atoms with E-state index < -0.39 is 28.8 Å². The molecule has 1 spiro atoms. The summed E-state index contributed by atoms with van der Waals surface area (Å²) in [7, 11) is -2.63. The Morgan fingerprint density at radius 2 is 0.969 bits per heavy atom. The first-order valence-electron chi connectivity index (χ1n) is 13.2. The summed E-state index contributed by atoms with van der Waals surface area (Å²) in [6.07, 6.45) is 17.5. The predicted octanol–water partition coefficient (Wildman–Crippen LogP) is 9.76. The van der Waals surface area contributed by atoms with Crippen LogP contribution in [-0.2, 0) is 22.4 Å². The van der Waals surface area contributed by atoms with Crippen LogP contribution in [0.2, 0.25) is 0 Å². The number of rotatable bonds is 16. The van der Waals surface area contributed by atoms with E-state index in [0.717, 1.165) is 37.5 Å². The molecule has 1 unspecified atom stereocenters. The van der Waals surface area contributed by atoms with Gasteiger partial charge in [0.05, 0.1) is 11.0 Å². The van der Waals surface area contributed by atoms with E-state index in [1.54, 1.807) is 0 Å². The van der Waals surface area contributed by atoms with Crippen LogP contribution in [0.15, 0.2) is 0 Å². The second kappa shape index (κ2) is 12.1. The van der Waals surface area contributed by atoms with Crippen LogP contribution in [0.25, 0.3) is 0 Å². The molecule has 4 saturated heterocycles. The van der Waals surface area contributed by atoms with Crippen LogP contribution in [-0.4, -0.2) is 11.6 Å².